The van der Waals surface area contributed by atoms with Crippen LogP contribution in [0.4, 0.5) is 0 Å². The third kappa shape index (κ3) is 5.47. The van der Waals surface area contributed by atoms with E-state index in [9.17, 15) is 0 Å². The highest BCUT2D eigenvalue weighted by Crippen LogP contribution is 2.42. The molecule has 12 aromatic rings. The molecule has 0 bridgehead atoms. The van der Waals surface area contributed by atoms with Crippen molar-refractivity contribution in [3.63, 3.8) is 0 Å². The van der Waals surface area contributed by atoms with Crippen LogP contribution in [0, 0.1) is 0 Å². The first-order valence-electron chi connectivity index (χ1n) is 20.4. The van der Waals surface area contributed by atoms with Crippen LogP contribution in [0.15, 0.2) is 224 Å². The molecule has 0 aliphatic rings. The van der Waals surface area contributed by atoms with Crippen LogP contribution in [-0.2, 0) is 0 Å². The average Bonchev–Trinajstić information content (AvgIpc) is 3.63. The van der Waals surface area contributed by atoms with E-state index in [0.29, 0.717) is 0 Å². The summed E-state index contributed by atoms with van der Waals surface area (Å²) in [5, 5.41) is 12.4. The normalized spacial score (nSPS) is 11.7. The van der Waals surface area contributed by atoms with Gasteiger partial charge in [-0.2, -0.15) is 0 Å². The molecule has 1 aromatic heterocycles. The Morgan fingerprint density at radius 3 is 0.915 bits per heavy atom. The molecule has 0 spiro atoms. The minimum absolute atomic E-state index is 1.13. The van der Waals surface area contributed by atoms with Crippen LogP contribution in [-0.4, -0.2) is 4.57 Å². The fourth-order valence-electron chi connectivity index (χ4n) is 9.60. The molecule has 0 fully saturated rings. The van der Waals surface area contributed by atoms with Crippen molar-refractivity contribution in [3.8, 4) is 50.2 Å². The van der Waals surface area contributed by atoms with Gasteiger partial charge in [-0.05, 0) is 130 Å². The van der Waals surface area contributed by atoms with Crippen molar-refractivity contribution in [2.75, 3.05) is 0 Å². The minimum Gasteiger partial charge on any atom is -0.309 e. The Bertz CT molecular complexity index is 3370. The zero-order chi connectivity index (χ0) is 38.9. The van der Waals surface area contributed by atoms with Crippen LogP contribution in [0.25, 0.3) is 115 Å². The first-order valence-corrected chi connectivity index (χ1v) is 20.4. The lowest BCUT2D eigenvalue weighted by atomic mass is 9.92. The molecule has 0 saturated heterocycles. The maximum absolute atomic E-state index is 2.49. The van der Waals surface area contributed by atoms with E-state index in [4.69, 9.17) is 0 Å². The zero-order valence-corrected chi connectivity index (χ0v) is 32.3. The standard InChI is InChI=1S/C58H37N/c1-5-21-47-38(13-1)17-9-25-51(47)42-29-31-57-55(36-42)56-37-43(52-26-10-18-39-14-2-6-22-48(39)52)30-32-58(56)59(57)46-34-44(53-27-11-19-40-15-3-7-23-49(40)53)33-45(35-46)54-28-12-20-41-16-4-8-24-50(41)54/h1-37H. The number of aromatic nitrogens is 1. The summed E-state index contributed by atoms with van der Waals surface area (Å²) in [5.74, 6) is 0. The van der Waals surface area contributed by atoms with Gasteiger partial charge < -0.3 is 4.57 Å². The molecule has 0 aliphatic carbocycles. The lowest BCUT2D eigenvalue weighted by Crippen LogP contribution is -1.97. The summed E-state index contributed by atoms with van der Waals surface area (Å²) < 4.78 is 2.49. The Balaban J connectivity index is 1.17. The molecule has 0 aliphatic heterocycles. The second-order valence-corrected chi connectivity index (χ2v) is 15.7. The predicted octanol–water partition coefficient (Wildman–Crippen LogP) is 16.1. The van der Waals surface area contributed by atoms with Crippen molar-refractivity contribution in [1.29, 1.82) is 0 Å². The zero-order valence-electron chi connectivity index (χ0n) is 32.3. The number of rotatable bonds is 5. The fraction of sp³-hybridized carbons (Fsp3) is 0. The predicted molar refractivity (Wildman–Crippen MR) is 253 cm³/mol. The average molecular weight is 748 g/mol. The Labute approximate surface area is 342 Å². The highest BCUT2D eigenvalue weighted by atomic mass is 15.0. The van der Waals surface area contributed by atoms with E-state index < -0.39 is 0 Å². The molecule has 0 unspecified atom stereocenters. The molecule has 1 heterocycles. The summed E-state index contributed by atoms with van der Waals surface area (Å²) in [7, 11) is 0. The molecule has 0 amide bonds. The number of benzene rings is 11. The van der Waals surface area contributed by atoms with Crippen molar-refractivity contribution >= 4 is 64.9 Å². The second kappa shape index (κ2) is 13.4. The molecule has 274 valence electrons. The molecule has 0 radical (unpaired) electrons. The molecule has 0 saturated carbocycles. The Hall–Kier alpha value is -7.74. The Morgan fingerprint density at radius 1 is 0.220 bits per heavy atom. The van der Waals surface area contributed by atoms with Crippen molar-refractivity contribution in [2.24, 2.45) is 0 Å². The topological polar surface area (TPSA) is 4.93 Å². The number of hydrogen-bond donors (Lipinski definition) is 0. The summed E-state index contributed by atoms with van der Waals surface area (Å²) in [6.07, 6.45) is 0. The molecule has 12 rings (SSSR count). The maximum Gasteiger partial charge on any atom is 0.0541 e. The second-order valence-electron chi connectivity index (χ2n) is 15.7. The molecular formula is C58H37N. The van der Waals surface area contributed by atoms with Crippen LogP contribution in [0.3, 0.4) is 0 Å². The summed E-state index contributed by atoms with van der Waals surface area (Å²) in [6.45, 7) is 0. The lowest BCUT2D eigenvalue weighted by molar-refractivity contribution is 1.18. The van der Waals surface area contributed by atoms with E-state index in [0.717, 1.165) is 5.69 Å². The molecule has 1 heteroatoms. The smallest absolute Gasteiger partial charge is 0.0541 e. The van der Waals surface area contributed by atoms with Crippen molar-refractivity contribution < 1.29 is 0 Å². The Kier molecular flexibility index (Phi) is 7.61. The third-order valence-electron chi connectivity index (χ3n) is 12.3. The largest absolute Gasteiger partial charge is 0.309 e. The van der Waals surface area contributed by atoms with E-state index in [1.54, 1.807) is 0 Å². The van der Waals surface area contributed by atoms with Crippen molar-refractivity contribution in [2.45, 2.75) is 0 Å². The van der Waals surface area contributed by atoms with Gasteiger partial charge in [-0.1, -0.05) is 182 Å². The first kappa shape index (κ1) is 33.4. The van der Waals surface area contributed by atoms with Gasteiger partial charge in [0.1, 0.15) is 0 Å². The van der Waals surface area contributed by atoms with E-state index in [1.807, 2.05) is 0 Å². The van der Waals surface area contributed by atoms with Gasteiger partial charge in [0.2, 0.25) is 0 Å². The molecule has 59 heavy (non-hydrogen) atoms. The minimum atomic E-state index is 1.13. The third-order valence-corrected chi connectivity index (χ3v) is 12.3. The van der Waals surface area contributed by atoms with Gasteiger partial charge in [-0.25, -0.2) is 0 Å². The quantitative estimate of drug-likeness (QED) is 0.165. The number of fused-ring (bicyclic) bond motifs is 7. The molecular weight excluding hydrogens is 711 g/mol. The van der Waals surface area contributed by atoms with Gasteiger partial charge in [0.15, 0.2) is 0 Å². The number of nitrogens with zero attached hydrogens (tertiary/aromatic N) is 1. The summed E-state index contributed by atoms with van der Waals surface area (Å²) >= 11 is 0. The molecule has 0 N–H and O–H groups in total. The van der Waals surface area contributed by atoms with E-state index in [2.05, 4.69) is 229 Å². The highest BCUT2D eigenvalue weighted by molar-refractivity contribution is 6.14. The maximum atomic E-state index is 2.49. The van der Waals surface area contributed by atoms with Crippen LogP contribution < -0.4 is 0 Å². The summed E-state index contributed by atoms with van der Waals surface area (Å²) in [5.41, 5.74) is 13.2. The summed E-state index contributed by atoms with van der Waals surface area (Å²) in [4.78, 5) is 0. The van der Waals surface area contributed by atoms with Gasteiger partial charge in [-0.3, -0.25) is 0 Å². The van der Waals surface area contributed by atoms with Crippen LogP contribution in [0.1, 0.15) is 0 Å². The first-order chi connectivity index (χ1) is 29.2. The summed E-state index contributed by atoms with van der Waals surface area (Å²) in [6, 6.07) is 82.8. The van der Waals surface area contributed by atoms with Crippen molar-refractivity contribution in [3.05, 3.63) is 224 Å². The monoisotopic (exact) mass is 747 g/mol. The van der Waals surface area contributed by atoms with E-state index in [1.165, 1.54) is 109 Å². The molecule has 0 atom stereocenters. The van der Waals surface area contributed by atoms with Gasteiger partial charge in [0.25, 0.3) is 0 Å². The Morgan fingerprint density at radius 2 is 0.542 bits per heavy atom. The van der Waals surface area contributed by atoms with Crippen LogP contribution >= 0.6 is 0 Å². The highest BCUT2D eigenvalue weighted by Gasteiger charge is 2.19. The SMILES string of the molecule is c1ccc2c(-c3cc(-c4cccc5ccccc45)cc(-n4c5ccc(-c6cccc7ccccc67)cc5c5cc(-c6cccc7ccccc67)ccc54)c3)cccc2c1. The van der Waals surface area contributed by atoms with Crippen molar-refractivity contribution in [1.82, 2.24) is 4.57 Å². The van der Waals surface area contributed by atoms with Gasteiger partial charge in [0.05, 0.1) is 11.0 Å². The van der Waals surface area contributed by atoms with Crippen LogP contribution in [0.2, 0.25) is 0 Å². The molecule has 1 nitrogen and oxygen atoms in total. The van der Waals surface area contributed by atoms with E-state index >= 15 is 0 Å². The molecule has 11 aromatic carbocycles. The van der Waals surface area contributed by atoms with Crippen LogP contribution in [0.5, 0.6) is 0 Å². The lowest BCUT2D eigenvalue weighted by Gasteiger charge is -2.16. The fourth-order valence-corrected chi connectivity index (χ4v) is 9.60. The van der Waals surface area contributed by atoms with Gasteiger partial charge in [-0.15, -0.1) is 0 Å². The van der Waals surface area contributed by atoms with Gasteiger partial charge in [0, 0.05) is 16.5 Å². The van der Waals surface area contributed by atoms with E-state index in [-0.39, 0.29) is 0 Å². The van der Waals surface area contributed by atoms with Gasteiger partial charge >= 0.3 is 0 Å². The number of hydrogen-bond acceptors (Lipinski definition) is 0.